The number of nitrogens with one attached hydrogen (secondary N) is 2. The molecular weight excluding hydrogens is 366 g/mol. The topological polar surface area (TPSA) is 76.0 Å². The number of benzene rings is 2. The van der Waals surface area contributed by atoms with Crippen molar-refractivity contribution in [3.63, 3.8) is 0 Å². The number of aromatic nitrogens is 2. The Kier molecular flexibility index (Phi) is 5.49. The van der Waals surface area contributed by atoms with E-state index in [9.17, 15) is 18.4 Å². The zero-order chi connectivity index (χ0) is 20.3. The van der Waals surface area contributed by atoms with Gasteiger partial charge < -0.3 is 10.6 Å². The van der Waals surface area contributed by atoms with Crippen LogP contribution >= 0.6 is 0 Å². The zero-order valence-electron chi connectivity index (χ0n) is 15.3. The molecule has 28 heavy (non-hydrogen) atoms. The molecule has 0 aliphatic heterocycles. The SMILES string of the molecule is Cc1cc(=O)n(CC(=O)Nc2ccc(F)cc2)c(Nc2ccc(F)c(C)c2)n1. The van der Waals surface area contributed by atoms with E-state index in [0.29, 0.717) is 22.6 Å². The second-order valence-corrected chi connectivity index (χ2v) is 6.29. The molecule has 0 aliphatic rings. The molecule has 2 aromatic carbocycles. The fourth-order valence-corrected chi connectivity index (χ4v) is 2.60. The summed E-state index contributed by atoms with van der Waals surface area (Å²) in [6.45, 7) is 2.98. The Morgan fingerprint density at radius 1 is 1.04 bits per heavy atom. The predicted molar refractivity (Wildman–Crippen MR) is 103 cm³/mol. The molecular formula is C20H18F2N4O2. The lowest BCUT2D eigenvalue weighted by Crippen LogP contribution is -2.30. The maximum absolute atomic E-state index is 13.5. The molecule has 0 spiro atoms. The first-order valence-electron chi connectivity index (χ1n) is 8.49. The number of nitrogens with zero attached hydrogens (tertiary/aromatic N) is 2. The third kappa shape index (κ3) is 4.59. The van der Waals surface area contributed by atoms with Gasteiger partial charge in [-0.3, -0.25) is 14.2 Å². The van der Waals surface area contributed by atoms with Gasteiger partial charge in [-0.05, 0) is 61.9 Å². The van der Waals surface area contributed by atoms with Crippen molar-refractivity contribution in [3.8, 4) is 0 Å². The fraction of sp³-hybridized carbons (Fsp3) is 0.150. The second kappa shape index (κ2) is 7.99. The molecule has 3 rings (SSSR count). The molecule has 2 N–H and O–H groups in total. The number of anilines is 3. The van der Waals surface area contributed by atoms with E-state index in [4.69, 9.17) is 0 Å². The van der Waals surface area contributed by atoms with E-state index < -0.39 is 17.3 Å². The van der Waals surface area contributed by atoms with Gasteiger partial charge in [0.05, 0.1) is 0 Å². The maximum atomic E-state index is 13.5. The minimum absolute atomic E-state index is 0.158. The van der Waals surface area contributed by atoms with Gasteiger partial charge >= 0.3 is 0 Å². The number of rotatable bonds is 5. The van der Waals surface area contributed by atoms with Crippen LogP contribution in [-0.2, 0) is 11.3 Å². The maximum Gasteiger partial charge on any atom is 0.255 e. The van der Waals surface area contributed by atoms with Crippen LogP contribution in [0.4, 0.5) is 26.1 Å². The molecule has 1 aromatic heterocycles. The second-order valence-electron chi connectivity index (χ2n) is 6.29. The van der Waals surface area contributed by atoms with Crippen LogP contribution in [0.2, 0.25) is 0 Å². The monoisotopic (exact) mass is 384 g/mol. The van der Waals surface area contributed by atoms with E-state index in [1.165, 1.54) is 47.0 Å². The molecule has 0 radical (unpaired) electrons. The van der Waals surface area contributed by atoms with Gasteiger partial charge in [-0.2, -0.15) is 0 Å². The van der Waals surface area contributed by atoms with Crippen LogP contribution in [0.15, 0.2) is 53.3 Å². The van der Waals surface area contributed by atoms with Gasteiger partial charge in [0.2, 0.25) is 11.9 Å². The Hall–Kier alpha value is -3.55. The van der Waals surface area contributed by atoms with Gasteiger partial charge in [-0.1, -0.05) is 0 Å². The van der Waals surface area contributed by atoms with Crippen molar-refractivity contribution in [2.24, 2.45) is 0 Å². The molecule has 0 saturated carbocycles. The fourth-order valence-electron chi connectivity index (χ4n) is 2.60. The van der Waals surface area contributed by atoms with E-state index in [0.717, 1.165) is 0 Å². The Morgan fingerprint density at radius 3 is 2.39 bits per heavy atom. The third-order valence-corrected chi connectivity index (χ3v) is 3.98. The number of carbonyl (C=O) groups is 1. The highest BCUT2D eigenvalue weighted by Crippen LogP contribution is 2.18. The Morgan fingerprint density at radius 2 is 1.71 bits per heavy atom. The lowest BCUT2D eigenvalue weighted by molar-refractivity contribution is -0.116. The highest BCUT2D eigenvalue weighted by atomic mass is 19.1. The molecule has 3 aromatic rings. The normalized spacial score (nSPS) is 10.6. The van der Waals surface area contributed by atoms with Crippen molar-refractivity contribution in [2.45, 2.75) is 20.4 Å². The highest BCUT2D eigenvalue weighted by Gasteiger charge is 2.13. The van der Waals surface area contributed by atoms with Crippen molar-refractivity contribution < 1.29 is 13.6 Å². The molecule has 0 unspecified atom stereocenters. The minimum atomic E-state index is -0.474. The number of hydrogen-bond donors (Lipinski definition) is 2. The first kappa shape index (κ1) is 19.2. The molecule has 8 heteroatoms. The summed E-state index contributed by atoms with van der Waals surface area (Å²) in [5.74, 6) is -1.08. The lowest BCUT2D eigenvalue weighted by Gasteiger charge is -2.14. The quantitative estimate of drug-likeness (QED) is 0.706. The summed E-state index contributed by atoms with van der Waals surface area (Å²) in [6, 6.07) is 11.0. The van der Waals surface area contributed by atoms with Crippen LogP contribution < -0.4 is 16.2 Å². The first-order chi connectivity index (χ1) is 13.3. The van der Waals surface area contributed by atoms with Crippen molar-refractivity contribution in [2.75, 3.05) is 10.6 Å². The molecule has 0 atom stereocenters. The molecule has 1 amide bonds. The van der Waals surface area contributed by atoms with Crippen LogP contribution in [0.25, 0.3) is 0 Å². The molecule has 0 bridgehead atoms. The van der Waals surface area contributed by atoms with Gasteiger partial charge in [0.1, 0.15) is 18.2 Å². The Bertz CT molecular complexity index is 1080. The average Bonchev–Trinajstić information content (AvgIpc) is 2.63. The van der Waals surface area contributed by atoms with Crippen LogP contribution in [0.5, 0.6) is 0 Å². The van der Waals surface area contributed by atoms with E-state index in [2.05, 4.69) is 15.6 Å². The molecule has 144 valence electrons. The van der Waals surface area contributed by atoms with E-state index >= 15 is 0 Å². The summed E-state index contributed by atoms with van der Waals surface area (Å²) in [7, 11) is 0. The standard InChI is InChI=1S/C20H18F2N4O2/c1-12-9-16(7-8-17(12)22)25-20-23-13(2)10-19(28)26(20)11-18(27)24-15-5-3-14(21)4-6-15/h3-10H,11H2,1-2H3,(H,23,25)(H,24,27). The minimum Gasteiger partial charge on any atom is -0.326 e. The van der Waals surface area contributed by atoms with Crippen molar-refractivity contribution in [1.29, 1.82) is 0 Å². The summed E-state index contributed by atoms with van der Waals surface area (Å²) in [4.78, 5) is 29.0. The van der Waals surface area contributed by atoms with E-state index in [1.807, 2.05) is 0 Å². The molecule has 6 nitrogen and oxygen atoms in total. The molecule has 1 heterocycles. The first-order valence-corrected chi connectivity index (χ1v) is 8.49. The Labute approximate surface area is 159 Å². The number of carbonyl (C=O) groups excluding carboxylic acids is 1. The average molecular weight is 384 g/mol. The molecule has 0 fully saturated rings. The summed E-state index contributed by atoms with van der Waals surface area (Å²) in [5, 5.41) is 5.55. The third-order valence-electron chi connectivity index (χ3n) is 3.98. The van der Waals surface area contributed by atoms with Crippen molar-refractivity contribution in [3.05, 3.63) is 81.8 Å². The van der Waals surface area contributed by atoms with E-state index in [-0.39, 0.29) is 18.3 Å². The van der Waals surface area contributed by atoms with Gasteiger partial charge in [0.25, 0.3) is 5.56 Å². The summed E-state index contributed by atoms with van der Waals surface area (Å²) >= 11 is 0. The number of halogens is 2. The van der Waals surface area contributed by atoms with Crippen molar-refractivity contribution >= 4 is 23.2 Å². The largest absolute Gasteiger partial charge is 0.326 e. The van der Waals surface area contributed by atoms with Crippen LogP contribution in [0.3, 0.4) is 0 Å². The smallest absolute Gasteiger partial charge is 0.255 e. The Balaban J connectivity index is 1.85. The summed E-state index contributed by atoms with van der Waals surface area (Å²) in [6.07, 6.45) is 0. The van der Waals surface area contributed by atoms with Gasteiger partial charge in [0, 0.05) is 23.1 Å². The van der Waals surface area contributed by atoms with Gasteiger partial charge in [-0.15, -0.1) is 0 Å². The molecule has 0 aliphatic carbocycles. The lowest BCUT2D eigenvalue weighted by atomic mass is 10.2. The number of aryl methyl sites for hydroxylation is 2. The number of amides is 1. The summed E-state index contributed by atoms with van der Waals surface area (Å²) in [5.41, 5.74) is 1.43. The predicted octanol–water partition coefficient (Wildman–Crippen LogP) is 3.52. The van der Waals surface area contributed by atoms with Crippen LogP contribution in [-0.4, -0.2) is 15.5 Å². The highest BCUT2D eigenvalue weighted by molar-refractivity contribution is 5.90. The van der Waals surface area contributed by atoms with E-state index in [1.54, 1.807) is 19.9 Å². The van der Waals surface area contributed by atoms with Gasteiger partial charge in [-0.25, -0.2) is 13.8 Å². The number of hydrogen-bond acceptors (Lipinski definition) is 4. The summed E-state index contributed by atoms with van der Waals surface area (Å²) < 4.78 is 27.6. The van der Waals surface area contributed by atoms with Gasteiger partial charge in [0.15, 0.2) is 0 Å². The van der Waals surface area contributed by atoms with Crippen LogP contribution in [0.1, 0.15) is 11.3 Å². The zero-order valence-corrected chi connectivity index (χ0v) is 15.3. The van der Waals surface area contributed by atoms with Crippen LogP contribution in [0, 0.1) is 25.5 Å². The molecule has 0 saturated heterocycles. The van der Waals surface area contributed by atoms with Crippen molar-refractivity contribution in [1.82, 2.24) is 9.55 Å².